The van der Waals surface area contributed by atoms with Crippen molar-refractivity contribution in [1.29, 1.82) is 0 Å². The largest absolute Gasteiger partial charge is 0.379 e. The van der Waals surface area contributed by atoms with E-state index in [1.807, 2.05) is 0 Å². The highest BCUT2D eigenvalue weighted by atomic mass is 16.5. The average Bonchev–Trinajstić information content (AvgIpc) is 3.25. The summed E-state index contributed by atoms with van der Waals surface area (Å²) in [5.41, 5.74) is 0. The first-order chi connectivity index (χ1) is 13.0. The van der Waals surface area contributed by atoms with Crippen LogP contribution >= 0.6 is 0 Å². The molecule has 0 unspecified atom stereocenters. The van der Waals surface area contributed by atoms with Crippen molar-refractivity contribution in [2.24, 2.45) is 5.92 Å². The van der Waals surface area contributed by atoms with Gasteiger partial charge in [0.25, 0.3) is 0 Å². The van der Waals surface area contributed by atoms with Crippen LogP contribution in [0.2, 0.25) is 0 Å². The van der Waals surface area contributed by atoms with E-state index in [0.717, 1.165) is 19.5 Å². The average molecular weight is 378 g/mol. The Kier molecular flexibility index (Phi) is 6.45. The van der Waals surface area contributed by atoms with Gasteiger partial charge in [-0.1, -0.05) is 19.0 Å². The van der Waals surface area contributed by atoms with Gasteiger partial charge in [-0.25, -0.2) is 4.68 Å². The molecule has 0 atom stereocenters. The number of tetrazole rings is 1. The number of carbonyl (C=O) groups is 1. The number of likely N-dealkylation sites (N-methyl/N-ethyl adjacent to an activating group) is 1. The third-order valence-corrected chi connectivity index (χ3v) is 4.26. The molecule has 11 heteroatoms. The fraction of sp³-hybridized carbons (Fsp3) is 0.750. The van der Waals surface area contributed by atoms with Crippen LogP contribution in [-0.2, 0) is 35.6 Å². The van der Waals surface area contributed by atoms with Crippen molar-refractivity contribution < 1.29 is 14.1 Å². The number of hydrogen-bond donors (Lipinski definition) is 0. The minimum atomic E-state index is -0.130. The van der Waals surface area contributed by atoms with Gasteiger partial charge in [0.05, 0.1) is 26.3 Å². The molecule has 1 aliphatic heterocycles. The van der Waals surface area contributed by atoms with Gasteiger partial charge in [0.2, 0.25) is 11.8 Å². The Balaban J connectivity index is 1.54. The number of amides is 1. The predicted octanol–water partition coefficient (Wildman–Crippen LogP) is -0.255. The molecular formula is C16H26N8O3. The molecule has 148 valence electrons. The lowest BCUT2D eigenvalue weighted by atomic mass is 10.1. The summed E-state index contributed by atoms with van der Waals surface area (Å²) >= 11 is 0. The van der Waals surface area contributed by atoms with Crippen LogP contribution in [0.4, 0.5) is 0 Å². The second-order valence-electron chi connectivity index (χ2n) is 7.09. The molecule has 1 saturated heterocycles. The molecule has 0 bridgehead atoms. The lowest BCUT2D eigenvalue weighted by molar-refractivity contribution is -0.131. The SMILES string of the molecule is CC(C)Cc1noc(CN(C)C(=O)Cn2nnnc2CN2CCOCC2)n1. The van der Waals surface area contributed by atoms with Gasteiger partial charge in [0.15, 0.2) is 11.6 Å². The van der Waals surface area contributed by atoms with Gasteiger partial charge in [0, 0.05) is 26.6 Å². The monoisotopic (exact) mass is 378 g/mol. The van der Waals surface area contributed by atoms with Crippen molar-refractivity contribution >= 4 is 5.91 Å². The summed E-state index contributed by atoms with van der Waals surface area (Å²) in [4.78, 5) is 20.6. The van der Waals surface area contributed by atoms with Gasteiger partial charge in [-0.3, -0.25) is 9.69 Å². The van der Waals surface area contributed by atoms with Crippen molar-refractivity contribution in [3.05, 3.63) is 17.5 Å². The summed E-state index contributed by atoms with van der Waals surface area (Å²) in [6.07, 6.45) is 0.747. The van der Waals surface area contributed by atoms with Crippen molar-refractivity contribution in [1.82, 2.24) is 40.1 Å². The Morgan fingerprint density at radius 2 is 2.07 bits per heavy atom. The molecule has 2 aromatic rings. The van der Waals surface area contributed by atoms with Gasteiger partial charge < -0.3 is 14.2 Å². The molecule has 3 heterocycles. The van der Waals surface area contributed by atoms with Crippen LogP contribution in [0.3, 0.4) is 0 Å². The summed E-state index contributed by atoms with van der Waals surface area (Å²) in [5.74, 6) is 2.06. The minimum Gasteiger partial charge on any atom is -0.379 e. The molecule has 2 aromatic heterocycles. The fourth-order valence-corrected chi connectivity index (χ4v) is 2.76. The standard InChI is InChI=1S/C16H26N8O3/c1-12(2)8-13-17-15(27-19-13)10-22(3)16(25)11-24-14(18-20-21-24)9-23-4-6-26-7-5-23/h12H,4-11H2,1-3H3. The zero-order valence-electron chi connectivity index (χ0n) is 16.0. The van der Waals surface area contributed by atoms with Crippen molar-refractivity contribution in [3.63, 3.8) is 0 Å². The zero-order valence-corrected chi connectivity index (χ0v) is 16.0. The molecule has 3 rings (SSSR count). The third kappa shape index (κ3) is 5.54. The maximum Gasteiger partial charge on any atom is 0.246 e. The summed E-state index contributed by atoms with van der Waals surface area (Å²) in [7, 11) is 1.70. The molecule has 1 aliphatic rings. The van der Waals surface area contributed by atoms with Crippen LogP contribution in [0, 0.1) is 5.92 Å². The molecule has 0 saturated carbocycles. The molecule has 11 nitrogen and oxygen atoms in total. The van der Waals surface area contributed by atoms with E-state index in [0.29, 0.717) is 43.2 Å². The Bertz CT molecular complexity index is 738. The van der Waals surface area contributed by atoms with E-state index in [1.165, 1.54) is 9.58 Å². The predicted molar refractivity (Wildman–Crippen MR) is 93.2 cm³/mol. The first kappa shape index (κ1) is 19.4. The van der Waals surface area contributed by atoms with E-state index in [1.54, 1.807) is 7.05 Å². The summed E-state index contributed by atoms with van der Waals surface area (Å²) in [5, 5.41) is 15.6. The normalized spacial score (nSPS) is 15.4. The van der Waals surface area contributed by atoms with E-state index >= 15 is 0 Å². The summed E-state index contributed by atoms with van der Waals surface area (Å²) in [6, 6.07) is 0. The number of nitrogens with zero attached hydrogens (tertiary/aromatic N) is 8. The van der Waals surface area contributed by atoms with Crippen LogP contribution < -0.4 is 0 Å². The number of aromatic nitrogens is 6. The number of rotatable bonds is 8. The van der Waals surface area contributed by atoms with Crippen LogP contribution in [0.1, 0.15) is 31.4 Å². The lowest BCUT2D eigenvalue weighted by Gasteiger charge is -2.25. The van der Waals surface area contributed by atoms with Crippen LogP contribution in [-0.4, -0.2) is 79.4 Å². The quantitative estimate of drug-likeness (QED) is 0.613. The Morgan fingerprint density at radius 1 is 1.30 bits per heavy atom. The molecule has 1 amide bonds. The highest BCUT2D eigenvalue weighted by Gasteiger charge is 2.19. The van der Waals surface area contributed by atoms with Gasteiger partial charge >= 0.3 is 0 Å². The third-order valence-electron chi connectivity index (χ3n) is 4.26. The number of morpholine rings is 1. The van der Waals surface area contributed by atoms with Gasteiger partial charge in [-0.05, 0) is 16.3 Å². The Labute approximate surface area is 157 Å². The van der Waals surface area contributed by atoms with E-state index in [9.17, 15) is 4.79 Å². The van der Waals surface area contributed by atoms with Gasteiger partial charge in [-0.2, -0.15) is 4.98 Å². The van der Waals surface area contributed by atoms with Crippen molar-refractivity contribution in [2.45, 2.75) is 39.9 Å². The number of hydrogen-bond acceptors (Lipinski definition) is 9. The van der Waals surface area contributed by atoms with E-state index in [-0.39, 0.29) is 19.0 Å². The van der Waals surface area contributed by atoms with Crippen molar-refractivity contribution in [3.8, 4) is 0 Å². The topological polar surface area (TPSA) is 115 Å². The maximum absolute atomic E-state index is 12.5. The molecular weight excluding hydrogens is 352 g/mol. The maximum atomic E-state index is 12.5. The van der Waals surface area contributed by atoms with Gasteiger partial charge in [0.1, 0.15) is 6.54 Å². The first-order valence-electron chi connectivity index (χ1n) is 9.12. The van der Waals surface area contributed by atoms with Crippen LogP contribution in [0.5, 0.6) is 0 Å². The number of ether oxygens (including phenoxy) is 1. The van der Waals surface area contributed by atoms with Gasteiger partial charge in [-0.15, -0.1) is 5.10 Å². The molecule has 0 aromatic carbocycles. The Morgan fingerprint density at radius 3 is 2.81 bits per heavy atom. The number of carbonyl (C=O) groups excluding carboxylic acids is 1. The molecule has 0 spiro atoms. The first-order valence-corrected chi connectivity index (χ1v) is 9.12. The summed E-state index contributed by atoms with van der Waals surface area (Å²) in [6.45, 7) is 8.15. The van der Waals surface area contributed by atoms with Crippen LogP contribution in [0.25, 0.3) is 0 Å². The van der Waals surface area contributed by atoms with E-state index in [4.69, 9.17) is 9.26 Å². The second-order valence-corrected chi connectivity index (χ2v) is 7.09. The smallest absolute Gasteiger partial charge is 0.246 e. The molecule has 0 radical (unpaired) electrons. The highest BCUT2D eigenvalue weighted by molar-refractivity contribution is 5.75. The van der Waals surface area contributed by atoms with Crippen LogP contribution in [0.15, 0.2) is 4.52 Å². The Hall–Kier alpha value is -2.40. The molecule has 1 fully saturated rings. The fourth-order valence-electron chi connectivity index (χ4n) is 2.76. The van der Waals surface area contributed by atoms with E-state index in [2.05, 4.69) is 44.4 Å². The minimum absolute atomic E-state index is 0.0656. The summed E-state index contributed by atoms with van der Waals surface area (Å²) < 4.78 is 12.1. The van der Waals surface area contributed by atoms with Crippen molar-refractivity contribution in [2.75, 3.05) is 33.4 Å². The zero-order chi connectivity index (χ0) is 19.2. The molecule has 0 aliphatic carbocycles. The molecule has 0 N–H and O–H groups in total. The molecule has 27 heavy (non-hydrogen) atoms. The highest BCUT2D eigenvalue weighted by Crippen LogP contribution is 2.08. The van der Waals surface area contributed by atoms with E-state index < -0.39 is 0 Å². The lowest BCUT2D eigenvalue weighted by Crippen LogP contribution is -2.37. The second kappa shape index (κ2) is 9.00.